The van der Waals surface area contributed by atoms with Crippen LogP contribution in [0.1, 0.15) is 16.1 Å². The number of anilines is 1. The number of ether oxygens (including phenoxy) is 3. The molecule has 2 aromatic heterocycles. The van der Waals surface area contributed by atoms with Gasteiger partial charge in [-0.3, -0.25) is 14.7 Å². The maximum atomic E-state index is 13.6. The van der Waals surface area contributed by atoms with Crippen molar-refractivity contribution in [3.63, 3.8) is 0 Å². The molecule has 0 spiro atoms. The summed E-state index contributed by atoms with van der Waals surface area (Å²) in [6, 6.07) is 14.2. The number of amides is 1. The molecule has 31 heavy (non-hydrogen) atoms. The van der Waals surface area contributed by atoms with Gasteiger partial charge in [-0.2, -0.15) is 0 Å². The van der Waals surface area contributed by atoms with E-state index in [0.29, 0.717) is 38.5 Å². The van der Waals surface area contributed by atoms with Crippen LogP contribution >= 0.6 is 22.9 Å². The van der Waals surface area contributed by atoms with E-state index in [-0.39, 0.29) is 19.2 Å². The van der Waals surface area contributed by atoms with Gasteiger partial charge in [0, 0.05) is 11.8 Å². The van der Waals surface area contributed by atoms with Crippen molar-refractivity contribution in [3.8, 4) is 17.2 Å². The summed E-state index contributed by atoms with van der Waals surface area (Å²) in [5.74, 6) is 1.51. The molecule has 0 aliphatic carbocycles. The summed E-state index contributed by atoms with van der Waals surface area (Å²) in [6.07, 6.45) is 1.69. The van der Waals surface area contributed by atoms with Gasteiger partial charge >= 0.3 is 0 Å². The van der Waals surface area contributed by atoms with Gasteiger partial charge in [-0.15, -0.1) is 0 Å². The molecular formula is C22H16ClN3O4S. The molecule has 0 N–H and O–H groups in total. The number of carbonyl (C=O) groups excluding carboxylic acids is 1. The predicted octanol–water partition coefficient (Wildman–Crippen LogP) is 4.93. The molecular weight excluding hydrogens is 438 g/mol. The number of hydrogen-bond acceptors (Lipinski definition) is 7. The van der Waals surface area contributed by atoms with Crippen molar-refractivity contribution in [2.75, 3.05) is 18.8 Å². The molecule has 4 aromatic rings. The number of thiazole rings is 1. The Kier molecular flexibility index (Phi) is 5.09. The fourth-order valence-corrected chi connectivity index (χ4v) is 4.54. The maximum Gasteiger partial charge on any atom is 0.260 e. The monoisotopic (exact) mass is 453 g/mol. The first-order chi connectivity index (χ1) is 15.1. The van der Waals surface area contributed by atoms with Gasteiger partial charge < -0.3 is 14.2 Å². The van der Waals surface area contributed by atoms with Crippen LogP contribution in [0.5, 0.6) is 17.2 Å². The van der Waals surface area contributed by atoms with Crippen molar-refractivity contribution >= 4 is 44.2 Å². The molecule has 0 radical (unpaired) electrons. The molecule has 3 heterocycles. The molecule has 0 unspecified atom stereocenters. The Balaban J connectivity index is 1.60. The fraction of sp³-hybridized carbons (Fsp3) is 0.136. The molecule has 0 atom stereocenters. The predicted molar refractivity (Wildman–Crippen MR) is 118 cm³/mol. The number of aromatic nitrogens is 2. The van der Waals surface area contributed by atoms with Gasteiger partial charge in [0.2, 0.25) is 6.79 Å². The van der Waals surface area contributed by atoms with Crippen molar-refractivity contribution in [2.45, 2.75) is 6.54 Å². The lowest BCUT2D eigenvalue weighted by Gasteiger charge is -2.19. The third-order valence-corrected chi connectivity index (χ3v) is 6.35. The minimum absolute atomic E-state index is 0.140. The summed E-state index contributed by atoms with van der Waals surface area (Å²) in [6.45, 7) is 0.384. The highest BCUT2D eigenvalue weighted by molar-refractivity contribution is 7.23. The third-order valence-electron chi connectivity index (χ3n) is 4.81. The van der Waals surface area contributed by atoms with Gasteiger partial charge in [-0.25, -0.2) is 4.98 Å². The normalized spacial score (nSPS) is 12.2. The summed E-state index contributed by atoms with van der Waals surface area (Å²) >= 11 is 7.72. The number of fused-ring (bicyclic) bond motifs is 2. The highest BCUT2D eigenvalue weighted by atomic mass is 35.5. The number of halogens is 1. The minimum atomic E-state index is -0.238. The Hall–Kier alpha value is -3.36. The van der Waals surface area contributed by atoms with E-state index in [1.807, 2.05) is 18.2 Å². The standard InChI is InChI=1S/C22H16ClN3O4S/c1-28-17-8-6-15(23)20-19(17)25-22(31-20)26(11-14-4-2-3-9-24-14)21(27)13-5-7-16-18(10-13)30-12-29-16/h2-10H,11-12H2,1H3. The zero-order valence-electron chi connectivity index (χ0n) is 16.4. The maximum absolute atomic E-state index is 13.6. The Labute approximate surface area is 186 Å². The summed E-state index contributed by atoms with van der Waals surface area (Å²) in [5, 5.41) is 1.04. The van der Waals surface area contributed by atoms with Crippen LogP contribution in [0.3, 0.4) is 0 Å². The van der Waals surface area contributed by atoms with Crippen molar-refractivity contribution in [1.29, 1.82) is 0 Å². The molecule has 0 saturated carbocycles. The van der Waals surface area contributed by atoms with Crippen LogP contribution in [-0.4, -0.2) is 29.8 Å². The molecule has 7 nitrogen and oxygen atoms in total. The van der Waals surface area contributed by atoms with Crippen LogP contribution in [0.15, 0.2) is 54.7 Å². The second-order valence-corrected chi connectivity index (χ2v) is 8.09. The topological polar surface area (TPSA) is 73.8 Å². The first-order valence-corrected chi connectivity index (χ1v) is 10.6. The van der Waals surface area contributed by atoms with Crippen LogP contribution in [0.25, 0.3) is 10.2 Å². The second kappa shape index (κ2) is 8.05. The average molecular weight is 454 g/mol. The van der Waals surface area contributed by atoms with Gasteiger partial charge in [0.15, 0.2) is 16.6 Å². The molecule has 156 valence electrons. The molecule has 1 amide bonds. The zero-order chi connectivity index (χ0) is 21.4. The number of carbonyl (C=O) groups is 1. The number of methoxy groups -OCH3 is 1. The van der Waals surface area contributed by atoms with Crippen molar-refractivity contribution < 1.29 is 19.0 Å². The molecule has 0 bridgehead atoms. The molecule has 1 aliphatic heterocycles. The van der Waals surface area contributed by atoms with Gasteiger partial charge in [-0.05, 0) is 42.5 Å². The second-order valence-electron chi connectivity index (χ2n) is 6.70. The van der Waals surface area contributed by atoms with E-state index in [2.05, 4.69) is 4.98 Å². The lowest BCUT2D eigenvalue weighted by molar-refractivity contribution is 0.0984. The van der Waals surface area contributed by atoms with Crippen molar-refractivity contribution in [1.82, 2.24) is 9.97 Å². The Bertz CT molecular complexity index is 1280. The van der Waals surface area contributed by atoms with E-state index < -0.39 is 0 Å². The van der Waals surface area contributed by atoms with Gasteiger partial charge in [0.1, 0.15) is 11.3 Å². The van der Waals surface area contributed by atoms with Crippen molar-refractivity contribution in [2.24, 2.45) is 0 Å². The van der Waals surface area contributed by atoms with Gasteiger partial charge in [-0.1, -0.05) is 29.0 Å². The Morgan fingerprint density at radius 1 is 1.19 bits per heavy atom. The van der Waals surface area contributed by atoms with E-state index in [4.69, 9.17) is 30.8 Å². The minimum Gasteiger partial charge on any atom is -0.494 e. The van der Waals surface area contributed by atoms with Crippen LogP contribution in [0, 0.1) is 0 Å². The van der Waals surface area contributed by atoms with E-state index in [9.17, 15) is 4.79 Å². The van der Waals surface area contributed by atoms with Crippen LogP contribution in [-0.2, 0) is 6.54 Å². The Morgan fingerprint density at radius 3 is 2.87 bits per heavy atom. The van der Waals surface area contributed by atoms with E-state index in [0.717, 1.165) is 10.4 Å². The van der Waals surface area contributed by atoms with E-state index in [1.54, 1.807) is 48.5 Å². The highest BCUT2D eigenvalue weighted by Gasteiger charge is 2.25. The van der Waals surface area contributed by atoms with Crippen LogP contribution in [0.2, 0.25) is 5.02 Å². The molecule has 1 aliphatic rings. The van der Waals surface area contributed by atoms with E-state index >= 15 is 0 Å². The summed E-state index contributed by atoms with van der Waals surface area (Å²) in [5.41, 5.74) is 1.80. The first kappa shape index (κ1) is 19.6. The van der Waals surface area contributed by atoms with Gasteiger partial charge in [0.25, 0.3) is 5.91 Å². The molecule has 0 fully saturated rings. The smallest absolute Gasteiger partial charge is 0.260 e. The fourth-order valence-electron chi connectivity index (χ4n) is 3.29. The number of rotatable bonds is 5. The largest absolute Gasteiger partial charge is 0.494 e. The average Bonchev–Trinajstić information content (AvgIpc) is 3.45. The lowest BCUT2D eigenvalue weighted by Crippen LogP contribution is -2.30. The molecule has 0 saturated heterocycles. The molecule has 5 rings (SSSR count). The van der Waals surface area contributed by atoms with Crippen LogP contribution < -0.4 is 19.1 Å². The van der Waals surface area contributed by atoms with E-state index in [1.165, 1.54) is 11.3 Å². The zero-order valence-corrected chi connectivity index (χ0v) is 17.9. The number of hydrogen-bond donors (Lipinski definition) is 0. The third kappa shape index (κ3) is 3.64. The summed E-state index contributed by atoms with van der Waals surface area (Å²) < 4.78 is 17.0. The number of nitrogens with zero attached hydrogens (tertiary/aromatic N) is 3. The molecule has 2 aromatic carbocycles. The summed E-state index contributed by atoms with van der Waals surface area (Å²) in [7, 11) is 1.57. The van der Waals surface area contributed by atoms with Crippen molar-refractivity contribution in [3.05, 3.63) is 71.0 Å². The Morgan fingerprint density at radius 2 is 2.06 bits per heavy atom. The van der Waals surface area contributed by atoms with Gasteiger partial charge in [0.05, 0.1) is 29.1 Å². The first-order valence-electron chi connectivity index (χ1n) is 9.38. The number of pyridine rings is 1. The summed E-state index contributed by atoms with van der Waals surface area (Å²) in [4.78, 5) is 24.2. The quantitative estimate of drug-likeness (QED) is 0.426. The number of benzene rings is 2. The SMILES string of the molecule is COc1ccc(Cl)c2sc(N(Cc3ccccn3)C(=O)c3ccc4c(c3)OCO4)nc12. The molecule has 9 heteroatoms. The lowest BCUT2D eigenvalue weighted by atomic mass is 10.1. The highest BCUT2D eigenvalue weighted by Crippen LogP contribution is 2.40. The van der Waals surface area contributed by atoms with Crippen LogP contribution in [0.4, 0.5) is 5.13 Å².